The van der Waals surface area contributed by atoms with Gasteiger partial charge in [0, 0.05) is 32.5 Å². The highest BCUT2D eigenvalue weighted by Crippen LogP contribution is 2.08. The van der Waals surface area contributed by atoms with Crippen molar-refractivity contribution in [3.05, 3.63) is 83.8 Å². The van der Waals surface area contributed by atoms with Gasteiger partial charge in [-0.3, -0.25) is 9.78 Å². The maximum atomic E-state index is 12.4. The lowest BCUT2D eigenvalue weighted by Crippen LogP contribution is -2.29. The van der Waals surface area contributed by atoms with E-state index in [0.29, 0.717) is 24.6 Å². The molecule has 0 aliphatic heterocycles. The van der Waals surface area contributed by atoms with E-state index < -0.39 is 0 Å². The summed E-state index contributed by atoms with van der Waals surface area (Å²) in [4.78, 5) is 18.1. The third-order valence-electron chi connectivity index (χ3n) is 4.03. The number of amides is 1. The van der Waals surface area contributed by atoms with Crippen molar-refractivity contribution in [3.8, 4) is 0 Å². The van der Waals surface area contributed by atoms with Gasteiger partial charge in [-0.05, 0) is 41.8 Å². The molecule has 2 heterocycles. The lowest BCUT2D eigenvalue weighted by atomic mass is 10.2. The number of benzene rings is 1. The Morgan fingerprint density at radius 1 is 0.962 bits per heavy atom. The van der Waals surface area contributed by atoms with Gasteiger partial charge in [-0.2, -0.15) is 0 Å². The highest BCUT2D eigenvalue weighted by molar-refractivity contribution is 5.92. The monoisotopic (exact) mass is 347 g/mol. The van der Waals surface area contributed by atoms with E-state index in [-0.39, 0.29) is 5.91 Å². The van der Waals surface area contributed by atoms with Gasteiger partial charge in [-0.1, -0.05) is 30.3 Å². The van der Waals surface area contributed by atoms with Gasteiger partial charge >= 0.3 is 0 Å². The lowest BCUT2D eigenvalue weighted by Gasteiger charge is -2.16. The molecule has 0 unspecified atom stereocenters. The van der Waals surface area contributed by atoms with E-state index in [1.807, 2.05) is 42.5 Å². The molecule has 26 heavy (non-hydrogen) atoms. The van der Waals surface area contributed by atoms with Crippen molar-refractivity contribution in [2.45, 2.75) is 13.0 Å². The van der Waals surface area contributed by atoms with E-state index in [2.05, 4.69) is 20.5 Å². The third-order valence-corrected chi connectivity index (χ3v) is 4.03. The van der Waals surface area contributed by atoms with Crippen LogP contribution in [0.5, 0.6) is 0 Å². The second-order valence-electron chi connectivity index (χ2n) is 5.98. The molecule has 3 rings (SSSR count). The van der Waals surface area contributed by atoms with Crippen LogP contribution in [0.3, 0.4) is 0 Å². The molecule has 0 radical (unpaired) electrons. The number of likely N-dealkylation sites (N-methyl/N-ethyl adjacent to an activating group) is 1. The van der Waals surface area contributed by atoms with Crippen molar-refractivity contribution in [1.29, 1.82) is 0 Å². The number of hydrogen-bond acceptors (Lipinski definition) is 5. The SMILES string of the molecule is CN(CCc1ccncc1)C(=O)c1ccc(NCc2ccccc2)nn1. The summed E-state index contributed by atoms with van der Waals surface area (Å²) in [6.45, 7) is 1.27. The Bertz CT molecular complexity index is 822. The molecule has 0 spiro atoms. The number of nitrogens with zero attached hydrogens (tertiary/aromatic N) is 4. The maximum Gasteiger partial charge on any atom is 0.274 e. The van der Waals surface area contributed by atoms with Crippen LogP contribution >= 0.6 is 0 Å². The predicted octanol–water partition coefficient (Wildman–Crippen LogP) is 2.80. The highest BCUT2D eigenvalue weighted by Gasteiger charge is 2.13. The Labute approximate surface area is 152 Å². The van der Waals surface area contributed by atoms with Crippen LogP contribution in [-0.2, 0) is 13.0 Å². The van der Waals surface area contributed by atoms with Crippen molar-refractivity contribution < 1.29 is 4.79 Å². The molecule has 132 valence electrons. The van der Waals surface area contributed by atoms with E-state index >= 15 is 0 Å². The smallest absolute Gasteiger partial charge is 0.274 e. The molecule has 0 saturated carbocycles. The van der Waals surface area contributed by atoms with Gasteiger partial charge in [-0.25, -0.2) is 0 Å². The highest BCUT2D eigenvalue weighted by atomic mass is 16.2. The summed E-state index contributed by atoms with van der Waals surface area (Å²) in [7, 11) is 1.77. The second kappa shape index (κ2) is 8.71. The molecule has 0 saturated heterocycles. The standard InChI is InChI=1S/C20H21N5O/c1-25(14-11-16-9-12-21-13-10-16)20(26)18-7-8-19(24-23-18)22-15-17-5-3-2-4-6-17/h2-10,12-13H,11,14-15H2,1H3,(H,22,24). The molecule has 0 aliphatic rings. The first-order chi connectivity index (χ1) is 12.7. The summed E-state index contributed by atoms with van der Waals surface area (Å²) >= 11 is 0. The number of hydrogen-bond donors (Lipinski definition) is 1. The van der Waals surface area contributed by atoms with E-state index in [1.165, 1.54) is 0 Å². The van der Waals surface area contributed by atoms with Crippen molar-refractivity contribution in [2.75, 3.05) is 18.9 Å². The minimum absolute atomic E-state index is 0.138. The summed E-state index contributed by atoms with van der Waals surface area (Å²) < 4.78 is 0. The van der Waals surface area contributed by atoms with Crippen molar-refractivity contribution in [1.82, 2.24) is 20.1 Å². The van der Waals surface area contributed by atoms with Crippen LogP contribution in [-0.4, -0.2) is 39.6 Å². The lowest BCUT2D eigenvalue weighted by molar-refractivity contribution is 0.0789. The van der Waals surface area contributed by atoms with Crippen LogP contribution in [0.2, 0.25) is 0 Å². The number of carbonyl (C=O) groups excluding carboxylic acids is 1. The summed E-state index contributed by atoms with van der Waals surface area (Å²) in [5.74, 6) is 0.506. The van der Waals surface area contributed by atoms with Crippen LogP contribution in [0.1, 0.15) is 21.6 Å². The number of rotatable bonds is 7. The minimum Gasteiger partial charge on any atom is -0.365 e. The maximum absolute atomic E-state index is 12.4. The fourth-order valence-corrected chi connectivity index (χ4v) is 2.47. The van der Waals surface area contributed by atoms with Gasteiger partial charge in [0.05, 0.1) is 0 Å². The van der Waals surface area contributed by atoms with Crippen molar-refractivity contribution >= 4 is 11.7 Å². The Balaban J connectivity index is 1.52. The van der Waals surface area contributed by atoms with Crippen LogP contribution in [0.15, 0.2) is 67.0 Å². The molecule has 0 aliphatic carbocycles. The minimum atomic E-state index is -0.138. The topological polar surface area (TPSA) is 71.0 Å². The van der Waals surface area contributed by atoms with E-state index in [1.54, 1.807) is 36.5 Å². The quantitative estimate of drug-likeness (QED) is 0.712. The van der Waals surface area contributed by atoms with Crippen LogP contribution in [0.25, 0.3) is 0 Å². The van der Waals surface area contributed by atoms with E-state index in [0.717, 1.165) is 17.5 Å². The fraction of sp³-hybridized carbons (Fsp3) is 0.200. The zero-order chi connectivity index (χ0) is 18.2. The number of anilines is 1. The Hall–Kier alpha value is -3.28. The Morgan fingerprint density at radius 2 is 1.73 bits per heavy atom. The predicted molar refractivity (Wildman–Crippen MR) is 101 cm³/mol. The van der Waals surface area contributed by atoms with E-state index in [4.69, 9.17) is 0 Å². The molecule has 1 aromatic carbocycles. The van der Waals surface area contributed by atoms with Crippen LogP contribution in [0, 0.1) is 0 Å². The number of nitrogens with one attached hydrogen (secondary N) is 1. The summed E-state index contributed by atoms with van der Waals surface area (Å²) in [5.41, 5.74) is 2.64. The molecule has 2 aromatic heterocycles. The molecular formula is C20H21N5O. The van der Waals surface area contributed by atoms with Gasteiger partial charge in [0.2, 0.25) is 0 Å². The van der Waals surface area contributed by atoms with Crippen molar-refractivity contribution in [3.63, 3.8) is 0 Å². The molecule has 1 amide bonds. The van der Waals surface area contributed by atoms with Gasteiger partial charge in [0.25, 0.3) is 5.91 Å². The van der Waals surface area contributed by atoms with Gasteiger partial charge in [-0.15, -0.1) is 10.2 Å². The summed E-state index contributed by atoms with van der Waals surface area (Å²) in [6, 6.07) is 17.4. The van der Waals surface area contributed by atoms with E-state index in [9.17, 15) is 4.79 Å². The van der Waals surface area contributed by atoms with Gasteiger partial charge in [0.15, 0.2) is 5.69 Å². The van der Waals surface area contributed by atoms with Crippen LogP contribution in [0.4, 0.5) is 5.82 Å². The normalized spacial score (nSPS) is 10.3. The average Bonchev–Trinajstić information content (AvgIpc) is 2.72. The first-order valence-electron chi connectivity index (χ1n) is 8.48. The van der Waals surface area contributed by atoms with Crippen LogP contribution < -0.4 is 5.32 Å². The molecule has 3 aromatic rings. The Morgan fingerprint density at radius 3 is 2.42 bits per heavy atom. The first-order valence-corrected chi connectivity index (χ1v) is 8.48. The largest absolute Gasteiger partial charge is 0.365 e. The zero-order valence-corrected chi connectivity index (χ0v) is 14.7. The first kappa shape index (κ1) is 17.5. The zero-order valence-electron chi connectivity index (χ0n) is 14.7. The van der Waals surface area contributed by atoms with Gasteiger partial charge < -0.3 is 10.2 Å². The Kier molecular flexibility index (Phi) is 5.88. The molecule has 6 nitrogen and oxygen atoms in total. The molecular weight excluding hydrogens is 326 g/mol. The molecule has 1 N–H and O–H groups in total. The third kappa shape index (κ3) is 4.86. The molecule has 6 heteroatoms. The van der Waals surface area contributed by atoms with Gasteiger partial charge in [0.1, 0.15) is 5.82 Å². The number of carbonyl (C=O) groups is 1. The molecule has 0 fully saturated rings. The molecule has 0 atom stereocenters. The molecule has 0 bridgehead atoms. The van der Waals surface area contributed by atoms with Crippen molar-refractivity contribution in [2.24, 2.45) is 0 Å². The average molecular weight is 347 g/mol. The summed E-state index contributed by atoms with van der Waals surface area (Å²) in [5, 5.41) is 11.4. The number of aromatic nitrogens is 3. The number of pyridine rings is 1. The summed E-state index contributed by atoms with van der Waals surface area (Å²) in [6.07, 6.45) is 4.28. The second-order valence-corrected chi connectivity index (χ2v) is 5.98. The fourth-order valence-electron chi connectivity index (χ4n) is 2.47.